The highest BCUT2D eigenvalue weighted by Gasteiger charge is 2.11. The number of hydrogen-bond acceptors (Lipinski definition) is 5. The van der Waals surface area contributed by atoms with E-state index in [1.165, 1.54) is 6.20 Å². The third-order valence-electron chi connectivity index (χ3n) is 2.79. The molecule has 2 N–H and O–H groups in total. The van der Waals surface area contributed by atoms with Gasteiger partial charge in [-0.05, 0) is 19.9 Å². The largest absolute Gasteiger partial charge is 0.370 e. The second kappa shape index (κ2) is 7.38. The molecule has 0 aliphatic heterocycles. The highest BCUT2D eigenvalue weighted by Crippen LogP contribution is 2.18. The zero-order valence-corrected chi connectivity index (χ0v) is 13.5. The van der Waals surface area contributed by atoms with E-state index in [0.29, 0.717) is 29.4 Å². The molecule has 7 heteroatoms. The number of nitrogens with one attached hydrogen (secondary N) is 2. The number of pyridine rings is 1. The molecule has 2 aromatic rings. The van der Waals surface area contributed by atoms with Gasteiger partial charge in [0.2, 0.25) is 0 Å². The fourth-order valence-electron chi connectivity index (χ4n) is 1.81. The lowest BCUT2D eigenvalue weighted by atomic mass is 10.2. The number of aryl methyl sites for hydroxylation is 1. The molecule has 112 valence electrons. The summed E-state index contributed by atoms with van der Waals surface area (Å²) in [5.41, 5.74) is 1.42. The third-order valence-corrected chi connectivity index (χ3v) is 3.91. The van der Waals surface area contributed by atoms with Crippen LogP contribution in [0.4, 0.5) is 5.82 Å². The number of anilines is 1. The summed E-state index contributed by atoms with van der Waals surface area (Å²) in [6.07, 6.45) is 2.19. The first kappa shape index (κ1) is 15.7. The topological polar surface area (TPSA) is 66.9 Å². The van der Waals surface area contributed by atoms with Crippen molar-refractivity contribution >= 4 is 34.7 Å². The summed E-state index contributed by atoms with van der Waals surface area (Å²) in [4.78, 5) is 20.6. The molecule has 0 saturated heterocycles. The molecule has 0 aliphatic rings. The van der Waals surface area contributed by atoms with Crippen LogP contribution >= 0.6 is 22.9 Å². The molecule has 2 aromatic heterocycles. The van der Waals surface area contributed by atoms with Gasteiger partial charge in [-0.3, -0.25) is 4.79 Å². The van der Waals surface area contributed by atoms with Crippen molar-refractivity contribution in [2.75, 3.05) is 18.4 Å². The Bertz CT molecular complexity index is 629. The van der Waals surface area contributed by atoms with E-state index in [9.17, 15) is 4.79 Å². The average molecular weight is 325 g/mol. The zero-order chi connectivity index (χ0) is 15.2. The van der Waals surface area contributed by atoms with Gasteiger partial charge in [-0.25, -0.2) is 9.97 Å². The maximum atomic E-state index is 12.1. The molecule has 21 heavy (non-hydrogen) atoms. The van der Waals surface area contributed by atoms with E-state index >= 15 is 0 Å². The predicted molar refractivity (Wildman–Crippen MR) is 86.3 cm³/mol. The first-order chi connectivity index (χ1) is 10.1. The molecule has 2 rings (SSSR count). The Morgan fingerprint density at radius 2 is 2.29 bits per heavy atom. The minimum atomic E-state index is -0.200. The van der Waals surface area contributed by atoms with E-state index in [2.05, 4.69) is 20.6 Å². The van der Waals surface area contributed by atoms with Crippen molar-refractivity contribution < 1.29 is 4.79 Å². The smallest absolute Gasteiger partial charge is 0.253 e. The van der Waals surface area contributed by atoms with Gasteiger partial charge >= 0.3 is 0 Å². The van der Waals surface area contributed by atoms with E-state index in [0.717, 1.165) is 17.2 Å². The Hall–Kier alpha value is -1.66. The van der Waals surface area contributed by atoms with Crippen LogP contribution in [0.5, 0.6) is 0 Å². The van der Waals surface area contributed by atoms with Crippen molar-refractivity contribution in [2.24, 2.45) is 0 Å². The van der Waals surface area contributed by atoms with Gasteiger partial charge in [-0.2, -0.15) is 0 Å². The van der Waals surface area contributed by atoms with Gasteiger partial charge in [0.25, 0.3) is 5.91 Å². The van der Waals surface area contributed by atoms with Crippen molar-refractivity contribution in [3.8, 4) is 0 Å². The van der Waals surface area contributed by atoms with Gasteiger partial charge in [-0.1, -0.05) is 11.6 Å². The maximum absolute atomic E-state index is 12.1. The molecule has 2 heterocycles. The molecule has 0 radical (unpaired) electrons. The van der Waals surface area contributed by atoms with Gasteiger partial charge in [0.05, 0.1) is 21.3 Å². The minimum absolute atomic E-state index is 0.200. The quantitative estimate of drug-likeness (QED) is 0.857. The molecule has 1 amide bonds. The molecular weight excluding hydrogens is 308 g/mol. The van der Waals surface area contributed by atoms with Gasteiger partial charge in [0, 0.05) is 31.1 Å². The van der Waals surface area contributed by atoms with Crippen molar-refractivity contribution in [3.05, 3.63) is 38.9 Å². The van der Waals surface area contributed by atoms with Crippen LogP contribution in [0.2, 0.25) is 5.02 Å². The number of carbonyl (C=O) groups excluding carboxylic acids is 1. The van der Waals surface area contributed by atoms with Crippen LogP contribution in [0.3, 0.4) is 0 Å². The van der Waals surface area contributed by atoms with Crippen LogP contribution in [0, 0.1) is 6.92 Å². The number of thiazole rings is 1. The van der Waals surface area contributed by atoms with Crippen LogP contribution in [-0.4, -0.2) is 29.0 Å². The van der Waals surface area contributed by atoms with Crippen LogP contribution < -0.4 is 10.6 Å². The van der Waals surface area contributed by atoms with E-state index in [-0.39, 0.29) is 5.91 Å². The number of amides is 1. The normalized spacial score (nSPS) is 10.4. The number of carbonyl (C=O) groups is 1. The van der Waals surface area contributed by atoms with Crippen molar-refractivity contribution in [3.63, 3.8) is 0 Å². The summed E-state index contributed by atoms with van der Waals surface area (Å²) in [7, 11) is 0. The summed E-state index contributed by atoms with van der Waals surface area (Å²) >= 11 is 7.64. The molecule has 0 saturated carbocycles. The van der Waals surface area contributed by atoms with Crippen LogP contribution in [0.25, 0.3) is 0 Å². The lowest BCUT2D eigenvalue weighted by Gasteiger charge is -2.08. The zero-order valence-electron chi connectivity index (χ0n) is 11.9. The molecule has 0 spiro atoms. The van der Waals surface area contributed by atoms with Crippen molar-refractivity contribution in [1.82, 2.24) is 15.3 Å². The van der Waals surface area contributed by atoms with Crippen LogP contribution in [0.15, 0.2) is 17.6 Å². The predicted octanol–water partition coefficient (Wildman–Crippen LogP) is 2.90. The molecule has 0 aromatic carbocycles. The number of nitrogens with zero attached hydrogens (tertiary/aromatic N) is 2. The average Bonchev–Trinajstić information content (AvgIpc) is 2.87. The number of halogens is 1. The van der Waals surface area contributed by atoms with Crippen LogP contribution in [-0.2, 0) is 6.42 Å². The standard InChI is InChI=1S/C14H17ClN4OS/c1-3-16-13-6-11(12(15)7-18-13)14(20)17-5-4-10-8-21-9(2)19-10/h6-8H,3-5H2,1-2H3,(H,16,18)(H,17,20). The van der Waals surface area contributed by atoms with Crippen molar-refractivity contribution in [2.45, 2.75) is 20.3 Å². The van der Waals surface area contributed by atoms with Gasteiger partial charge < -0.3 is 10.6 Å². The molecule has 0 fully saturated rings. The summed E-state index contributed by atoms with van der Waals surface area (Å²) < 4.78 is 0. The van der Waals surface area contributed by atoms with Gasteiger partial charge in [0.15, 0.2) is 0 Å². The Labute approximate surface area is 132 Å². The fourth-order valence-corrected chi connectivity index (χ4v) is 2.65. The van der Waals surface area contributed by atoms with E-state index in [4.69, 9.17) is 11.6 Å². The second-order valence-corrected chi connectivity index (χ2v) is 5.91. The molecule has 5 nitrogen and oxygen atoms in total. The molecular formula is C14H17ClN4OS. The lowest BCUT2D eigenvalue weighted by molar-refractivity contribution is 0.0954. The first-order valence-corrected chi connectivity index (χ1v) is 7.94. The van der Waals surface area contributed by atoms with Crippen molar-refractivity contribution in [1.29, 1.82) is 0 Å². The molecule has 0 atom stereocenters. The lowest BCUT2D eigenvalue weighted by Crippen LogP contribution is -2.26. The Morgan fingerprint density at radius 3 is 2.95 bits per heavy atom. The van der Waals surface area contributed by atoms with E-state index < -0.39 is 0 Å². The molecule has 0 aliphatic carbocycles. The van der Waals surface area contributed by atoms with E-state index in [1.807, 2.05) is 19.2 Å². The monoisotopic (exact) mass is 324 g/mol. The Balaban J connectivity index is 1.94. The Kier molecular flexibility index (Phi) is 5.52. The SMILES string of the molecule is CCNc1cc(C(=O)NCCc2csc(C)n2)c(Cl)cn1. The maximum Gasteiger partial charge on any atom is 0.253 e. The van der Waals surface area contributed by atoms with Gasteiger partial charge in [-0.15, -0.1) is 11.3 Å². The number of hydrogen-bond donors (Lipinski definition) is 2. The second-order valence-electron chi connectivity index (χ2n) is 4.44. The minimum Gasteiger partial charge on any atom is -0.370 e. The summed E-state index contributed by atoms with van der Waals surface area (Å²) in [6.45, 7) is 5.19. The highest BCUT2D eigenvalue weighted by molar-refractivity contribution is 7.09. The first-order valence-electron chi connectivity index (χ1n) is 6.68. The highest BCUT2D eigenvalue weighted by atomic mass is 35.5. The van der Waals surface area contributed by atoms with Gasteiger partial charge in [0.1, 0.15) is 5.82 Å². The summed E-state index contributed by atoms with van der Waals surface area (Å²) in [5.74, 6) is 0.440. The Morgan fingerprint density at radius 1 is 1.48 bits per heavy atom. The van der Waals surface area contributed by atoms with Crippen LogP contribution in [0.1, 0.15) is 28.0 Å². The summed E-state index contributed by atoms with van der Waals surface area (Å²) in [6, 6.07) is 1.66. The van der Waals surface area contributed by atoms with E-state index in [1.54, 1.807) is 17.4 Å². The number of rotatable bonds is 6. The number of aromatic nitrogens is 2. The molecule has 0 unspecified atom stereocenters. The third kappa shape index (κ3) is 4.41. The molecule has 0 bridgehead atoms. The summed E-state index contributed by atoms with van der Waals surface area (Å²) in [5, 5.41) is 9.29. The fraction of sp³-hybridized carbons (Fsp3) is 0.357.